The van der Waals surface area contributed by atoms with Gasteiger partial charge in [-0.3, -0.25) is 4.79 Å². The van der Waals surface area contributed by atoms with Gasteiger partial charge in [-0.05, 0) is 48.1 Å². The normalized spacial score (nSPS) is 21.9. The van der Waals surface area contributed by atoms with E-state index in [0.29, 0.717) is 32.4 Å². The Kier molecular flexibility index (Phi) is 5.30. The maximum Gasteiger partial charge on any atom is 0.226 e. The van der Waals surface area contributed by atoms with Gasteiger partial charge in [0.25, 0.3) is 0 Å². The lowest BCUT2D eigenvalue weighted by Gasteiger charge is -2.38. The van der Waals surface area contributed by atoms with E-state index >= 15 is 0 Å². The molecule has 2 unspecified atom stereocenters. The van der Waals surface area contributed by atoms with E-state index in [-0.39, 0.29) is 17.4 Å². The van der Waals surface area contributed by atoms with Crippen LogP contribution in [-0.4, -0.2) is 29.0 Å². The van der Waals surface area contributed by atoms with Gasteiger partial charge in [-0.1, -0.05) is 60.7 Å². The van der Waals surface area contributed by atoms with Crippen molar-refractivity contribution in [3.63, 3.8) is 0 Å². The predicted molar refractivity (Wildman–Crippen MR) is 119 cm³/mol. The Morgan fingerprint density at radius 1 is 0.844 bits per heavy atom. The number of rotatable bonds is 4. The van der Waals surface area contributed by atoms with Crippen molar-refractivity contribution < 1.29 is 18.7 Å². The highest BCUT2D eigenvalue weighted by atomic mass is 19.1. The molecule has 0 radical (unpaired) electrons. The van der Waals surface area contributed by atoms with Crippen LogP contribution in [0.25, 0.3) is 11.1 Å². The first-order valence-electron chi connectivity index (χ1n) is 11.1. The number of halogens is 2. The van der Waals surface area contributed by atoms with E-state index in [4.69, 9.17) is 0 Å². The largest absolute Gasteiger partial charge is 0.385 e. The molecule has 1 saturated heterocycles. The smallest absolute Gasteiger partial charge is 0.226 e. The SMILES string of the molecule is O=C(C1CC1c1c(F)cccc1F)N1CCC(O)(c2ccc(-c3ccccc3)cc2)CC1. The number of carbonyl (C=O) groups excluding carboxylic acids is 1. The Morgan fingerprint density at radius 3 is 2.06 bits per heavy atom. The lowest BCUT2D eigenvalue weighted by atomic mass is 9.83. The molecule has 1 heterocycles. The van der Waals surface area contributed by atoms with Gasteiger partial charge in [-0.2, -0.15) is 0 Å². The van der Waals surface area contributed by atoms with Crippen molar-refractivity contribution in [3.8, 4) is 11.1 Å². The zero-order valence-corrected chi connectivity index (χ0v) is 17.7. The van der Waals surface area contributed by atoms with Crippen LogP contribution in [0.2, 0.25) is 0 Å². The summed E-state index contributed by atoms with van der Waals surface area (Å²) in [6.07, 6.45) is 1.35. The molecule has 0 spiro atoms. The molecule has 1 N–H and O–H groups in total. The van der Waals surface area contributed by atoms with Crippen molar-refractivity contribution in [2.45, 2.75) is 30.8 Å². The quantitative estimate of drug-likeness (QED) is 0.611. The Hall–Kier alpha value is -3.05. The van der Waals surface area contributed by atoms with Crippen molar-refractivity contribution in [2.75, 3.05) is 13.1 Å². The summed E-state index contributed by atoms with van der Waals surface area (Å²) in [5.41, 5.74) is 2.11. The molecule has 1 aliphatic carbocycles. The number of hydrogen-bond donors (Lipinski definition) is 1. The van der Waals surface area contributed by atoms with Crippen molar-refractivity contribution in [1.29, 1.82) is 0 Å². The van der Waals surface area contributed by atoms with Crippen LogP contribution < -0.4 is 0 Å². The van der Waals surface area contributed by atoms with Crippen LogP contribution in [0.15, 0.2) is 72.8 Å². The molecule has 5 heteroatoms. The van der Waals surface area contributed by atoms with E-state index in [0.717, 1.165) is 16.7 Å². The number of likely N-dealkylation sites (tertiary alicyclic amines) is 1. The van der Waals surface area contributed by atoms with E-state index in [9.17, 15) is 18.7 Å². The lowest BCUT2D eigenvalue weighted by Crippen LogP contribution is -2.45. The van der Waals surface area contributed by atoms with Crippen LogP contribution in [0.1, 0.15) is 36.3 Å². The second-order valence-corrected chi connectivity index (χ2v) is 8.88. The third kappa shape index (κ3) is 3.82. The number of benzene rings is 3. The number of aliphatic hydroxyl groups is 1. The van der Waals surface area contributed by atoms with E-state index in [2.05, 4.69) is 0 Å². The molecular weight excluding hydrogens is 408 g/mol. The number of hydrogen-bond acceptors (Lipinski definition) is 2. The van der Waals surface area contributed by atoms with E-state index in [1.165, 1.54) is 18.2 Å². The first kappa shape index (κ1) is 20.8. The van der Waals surface area contributed by atoms with Gasteiger partial charge in [0.1, 0.15) is 11.6 Å². The summed E-state index contributed by atoms with van der Waals surface area (Å²) in [6.45, 7) is 0.859. The van der Waals surface area contributed by atoms with Gasteiger partial charge in [-0.15, -0.1) is 0 Å². The monoisotopic (exact) mass is 433 g/mol. The highest BCUT2D eigenvalue weighted by molar-refractivity contribution is 5.83. The standard InChI is InChI=1S/C27H25F2NO2/c28-23-7-4-8-24(29)25(23)21-17-22(21)26(31)30-15-13-27(32,14-16-30)20-11-9-19(10-12-20)18-5-2-1-3-6-18/h1-12,21-22,32H,13-17H2. The molecule has 2 fully saturated rings. The van der Waals surface area contributed by atoms with Crippen LogP contribution in [0.5, 0.6) is 0 Å². The molecule has 0 aromatic heterocycles. The summed E-state index contributed by atoms with van der Waals surface area (Å²) >= 11 is 0. The van der Waals surface area contributed by atoms with Gasteiger partial charge in [0, 0.05) is 30.5 Å². The fourth-order valence-electron chi connectivity index (χ4n) is 4.88. The maximum absolute atomic E-state index is 14.0. The Balaban J connectivity index is 1.23. The van der Waals surface area contributed by atoms with Gasteiger partial charge in [0.2, 0.25) is 5.91 Å². The van der Waals surface area contributed by atoms with Crippen LogP contribution in [0.3, 0.4) is 0 Å². The summed E-state index contributed by atoms with van der Waals surface area (Å²) in [7, 11) is 0. The Labute approximate surface area is 186 Å². The highest BCUT2D eigenvalue weighted by Gasteiger charge is 2.49. The molecule has 5 rings (SSSR count). The van der Waals surface area contributed by atoms with Gasteiger partial charge in [0.05, 0.1) is 5.60 Å². The molecule has 1 amide bonds. The Bertz CT molecular complexity index is 1100. The highest BCUT2D eigenvalue weighted by Crippen LogP contribution is 2.50. The zero-order chi connectivity index (χ0) is 22.3. The van der Waals surface area contributed by atoms with Crippen LogP contribution in [-0.2, 0) is 10.4 Å². The van der Waals surface area contributed by atoms with E-state index in [1.54, 1.807) is 4.90 Å². The number of nitrogens with zero attached hydrogens (tertiary/aromatic N) is 1. The van der Waals surface area contributed by atoms with Crippen molar-refractivity contribution in [2.24, 2.45) is 5.92 Å². The average Bonchev–Trinajstić information content (AvgIpc) is 3.60. The van der Waals surface area contributed by atoms with Gasteiger partial charge in [-0.25, -0.2) is 8.78 Å². The van der Waals surface area contributed by atoms with Gasteiger partial charge >= 0.3 is 0 Å². The number of carbonyl (C=O) groups is 1. The molecule has 0 bridgehead atoms. The second kappa shape index (κ2) is 8.14. The molecule has 2 atom stereocenters. The second-order valence-electron chi connectivity index (χ2n) is 8.88. The predicted octanol–water partition coefficient (Wildman–Crippen LogP) is 5.25. The minimum atomic E-state index is -0.980. The average molecular weight is 433 g/mol. The minimum absolute atomic E-state index is 0.0258. The van der Waals surface area contributed by atoms with Gasteiger partial charge in [0.15, 0.2) is 0 Å². The van der Waals surface area contributed by atoms with Crippen molar-refractivity contribution in [3.05, 3.63) is 95.6 Å². The molecule has 3 aromatic carbocycles. The van der Waals surface area contributed by atoms with Crippen molar-refractivity contribution >= 4 is 5.91 Å². The van der Waals surface area contributed by atoms with E-state index < -0.39 is 23.2 Å². The Morgan fingerprint density at radius 2 is 1.44 bits per heavy atom. The van der Waals surface area contributed by atoms with Crippen LogP contribution >= 0.6 is 0 Å². The minimum Gasteiger partial charge on any atom is -0.385 e. The zero-order valence-electron chi connectivity index (χ0n) is 17.7. The fourth-order valence-corrected chi connectivity index (χ4v) is 4.88. The molecule has 1 aliphatic heterocycles. The first-order valence-corrected chi connectivity index (χ1v) is 11.1. The number of piperidine rings is 1. The molecule has 3 aromatic rings. The molecule has 1 saturated carbocycles. The van der Waals surface area contributed by atoms with E-state index in [1.807, 2.05) is 54.6 Å². The molecule has 164 valence electrons. The summed E-state index contributed by atoms with van der Waals surface area (Å²) in [5, 5.41) is 11.2. The first-order chi connectivity index (χ1) is 15.5. The summed E-state index contributed by atoms with van der Waals surface area (Å²) < 4.78 is 28.1. The molecule has 32 heavy (non-hydrogen) atoms. The summed E-state index contributed by atoms with van der Waals surface area (Å²) in [5.74, 6) is -2.01. The van der Waals surface area contributed by atoms with Crippen molar-refractivity contribution in [1.82, 2.24) is 4.90 Å². The van der Waals surface area contributed by atoms with Crippen LogP contribution in [0.4, 0.5) is 8.78 Å². The third-order valence-corrected chi connectivity index (χ3v) is 6.91. The summed E-state index contributed by atoms with van der Waals surface area (Å²) in [6, 6.07) is 21.8. The maximum atomic E-state index is 14.0. The van der Waals surface area contributed by atoms with Crippen LogP contribution in [0, 0.1) is 17.6 Å². The molecule has 2 aliphatic rings. The molecular formula is C27H25F2NO2. The summed E-state index contributed by atoms with van der Waals surface area (Å²) in [4.78, 5) is 14.6. The lowest BCUT2D eigenvalue weighted by molar-refractivity contribution is -0.137. The fraction of sp³-hybridized carbons (Fsp3) is 0.296. The van der Waals surface area contributed by atoms with Gasteiger partial charge < -0.3 is 10.0 Å². The third-order valence-electron chi connectivity index (χ3n) is 6.91. The molecule has 3 nitrogen and oxygen atoms in total. The topological polar surface area (TPSA) is 40.5 Å². The number of amides is 1.